The molecule has 84 valence electrons. The van der Waals surface area contributed by atoms with E-state index in [0.717, 1.165) is 28.5 Å². The van der Waals surface area contributed by atoms with E-state index in [1.54, 1.807) is 4.68 Å². The van der Waals surface area contributed by atoms with Crippen LogP contribution in [-0.4, -0.2) is 14.8 Å². The number of hydrogen-bond acceptors (Lipinski definition) is 2. The molecule has 0 aliphatic heterocycles. The Morgan fingerprint density at radius 2 is 1.88 bits per heavy atom. The normalized spacial score (nSPS) is 14.9. The molecule has 1 aliphatic carbocycles. The molecule has 3 heteroatoms. The van der Waals surface area contributed by atoms with Crippen molar-refractivity contribution in [3.05, 3.63) is 37.0 Å². The van der Waals surface area contributed by atoms with Crippen LogP contribution < -0.4 is 0 Å². The summed E-state index contributed by atoms with van der Waals surface area (Å²) in [6.07, 6.45) is 2.39. The number of aromatic nitrogens is 3. The quantitative estimate of drug-likeness (QED) is 0.722. The van der Waals surface area contributed by atoms with E-state index < -0.39 is 0 Å². The molecule has 1 aliphatic rings. The fourth-order valence-corrected chi connectivity index (χ4v) is 1.49. The van der Waals surface area contributed by atoms with Gasteiger partial charge in [0, 0.05) is 5.92 Å². The third kappa shape index (κ3) is 1.85. The minimum Gasteiger partial charge on any atom is -0.214 e. The highest BCUT2D eigenvalue weighted by Gasteiger charge is 2.29. The first-order valence-electron chi connectivity index (χ1n) is 5.48. The first-order valence-corrected chi connectivity index (χ1v) is 5.48. The lowest BCUT2D eigenvalue weighted by molar-refractivity contribution is 0.844. The van der Waals surface area contributed by atoms with Gasteiger partial charge in [0.05, 0.1) is 5.70 Å². The van der Waals surface area contributed by atoms with Crippen LogP contribution in [0.3, 0.4) is 0 Å². The number of allylic oxidation sites excluding steroid dienone is 3. The largest absolute Gasteiger partial charge is 0.214 e. The number of hydrogen-bond donors (Lipinski definition) is 0. The highest BCUT2D eigenvalue weighted by molar-refractivity contribution is 5.65. The highest BCUT2D eigenvalue weighted by atomic mass is 15.4. The summed E-state index contributed by atoms with van der Waals surface area (Å²) in [5.74, 6) is 2.26. The summed E-state index contributed by atoms with van der Waals surface area (Å²) in [6.45, 7) is 15.6. The molecule has 0 spiro atoms. The standard InChI is InChI=1S/C13H17N3/c1-8(2)10(5)16-13(9(3)4)14-12(15-16)11-6-7-11/h11H,1,3,5-7H2,2,4H3. The van der Waals surface area contributed by atoms with Gasteiger partial charge in [-0.25, -0.2) is 9.67 Å². The molecule has 0 bridgehead atoms. The molecule has 1 aromatic rings. The highest BCUT2D eigenvalue weighted by Crippen LogP contribution is 2.38. The Bertz CT molecular complexity index is 475. The summed E-state index contributed by atoms with van der Waals surface area (Å²) < 4.78 is 1.76. The maximum absolute atomic E-state index is 4.53. The molecule has 3 nitrogen and oxygen atoms in total. The first kappa shape index (κ1) is 10.9. The van der Waals surface area contributed by atoms with Crippen LogP contribution in [0.5, 0.6) is 0 Å². The predicted octanol–water partition coefficient (Wildman–Crippen LogP) is 3.24. The molecule has 2 rings (SSSR count). The van der Waals surface area contributed by atoms with Gasteiger partial charge >= 0.3 is 0 Å². The summed E-state index contributed by atoms with van der Waals surface area (Å²) in [7, 11) is 0. The van der Waals surface area contributed by atoms with Crippen molar-refractivity contribution in [3.63, 3.8) is 0 Å². The van der Waals surface area contributed by atoms with Gasteiger partial charge in [-0.1, -0.05) is 19.7 Å². The fourth-order valence-electron chi connectivity index (χ4n) is 1.49. The molecule has 0 radical (unpaired) electrons. The van der Waals surface area contributed by atoms with Gasteiger partial charge in [-0.2, -0.15) is 5.10 Å². The van der Waals surface area contributed by atoms with Gasteiger partial charge in [0.15, 0.2) is 11.6 Å². The summed E-state index contributed by atoms with van der Waals surface area (Å²) in [4.78, 5) is 4.53. The molecule has 1 saturated carbocycles. The average Bonchev–Trinajstić information content (AvgIpc) is 2.96. The van der Waals surface area contributed by atoms with Crippen molar-refractivity contribution in [2.45, 2.75) is 32.6 Å². The second-order valence-corrected chi connectivity index (χ2v) is 4.49. The minimum absolute atomic E-state index is 0.539. The first-order chi connectivity index (χ1) is 7.50. The second-order valence-electron chi connectivity index (χ2n) is 4.49. The Hall–Kier alpha value is -1.64. The molecular formula is C13H17N3. The topological polar surface area (TPSA) is 30.7 Å². The Morgan fingerprint density at radius 1 is 1.25 bits per heavy atom. The molecule has 0 atom stereocenters. The smallest absolute Gasteiger partial charge is 0.158 e. The SMILES string of the molecule is C=C(C)C(=C)n1nc(C2CC2)nc1C(=C)C. The van der Waals surface area contributed by atoms with Crippen LogP contribution in [0.1, 0.15) is 44.3 Å². The van der Waals surface area contributed by atoms with Gasteiger partial charge in [-0.05, 0) is 37.8 Å². The van der Waals surface area contributed by atoms with Crippen molar-refractivity contribution in [1.82, 2.24) is 14.8 Å². The summed E-state index contributed by atoms with van der Waals surface area (Å²) in [5, 5.41) is 4.50. The van der Waals surface area contributed by atoms with Crippen LogP contribution in [0.4, 0.5) is 0 Å². The molecule has 0 amide bonds. The van der Waals surface area contributed by atoms with E-state index in [0.29, 0.717) is 5.92 Å². The Kier molecular flexibility index (Phi) is 2.54. The average molecular weight is 215 g/mol. The monoisotopic (exact) mass is 215 g/mol. The number of rotatable bonds is 4. The third-order valence-electron chi connectivity index (χ3n) is 2.70. The van der Waals surface area contributed by atoms with Crippen molar-refractivity contribution in [3.8, 4) is 0 Å². The van der Waals surface area contributed by atoms with Gasteiger partial charge in [-0.3, -0.25) is 0 Å². The van der Waals surface area contributed by atoms with E-state index in [9.17, 15) is 0 Å². The van der Waals surface area contributed by atoms with Gasteiger partial charge in [0.2, 0.25) is 0 Å². The fraction of sp³-hybridized carbons (Fsp3) is 0.385. The van der Waals surface area contributed by atoms with Crippen molar-refractivity contribution >= 4 is 11.3 Å². The lowest BCUT2D eigenvalue weighted by Crippen LogP contribution is -2.03. The van der Waals surface area contributed by atoms with E-state index in [-0.39, 0.29) is 0 Å². The minimum atomic E-state index is 0.539. The maximum atomic E-state index is 4.53. The zero-order chi connectivity index (χ0) is 11.9. The zero-order valence-electron chi connectivity index (χ0n) is 9.95. The van der Waals surface area contributed by atoms with E-state index in [4.69, 9.17) is 0 Å². The van der Waals surface area contributed by atoms with Crippen LogP contribution in [0.15, 0.2) is 25.3 Å². The summed E-state index contributed by atoms with van der Waals surface area (Å²) >= 11 is 0. The molecule has 0 N–H and O–H groups in total. The molecular weight excluding hydrogens is 198 g/mol. The lowest BCUT2D eigenvalue weighted by atomic mass is 10.2. The molecule has 0 aromatic carbocycles. The van der Waals surface area contributed by atoms with Crippen molar-refractivity contribution in [1.29, 1.82) is 0 Å². The van der Waals surface area contributed by atoms with E-state index in [1.165, 1.54) is 12.8 Å². The lowest BCUT2D eigenvalue weighted by Gasteiger charge is -2.07. The third-order valence-corrected chi connectivity index (χ3v) is 2.70. The van der Waals surface area contributed by atoms with E-state index >= 15 is 0 Å². The van der Waals surface area contributed by atoms with Crippen LogP contribution in [0.2, 0.25) is 0 Å². The van der Waals surface area contributed by atoms with Gasteiger partial charge < -0.3 is 0 Å². The molecule has 16 heavy (non-hydrogen) atoms. The number of nitrogens with zero attached hydrogens (tertiary/aromatic N) is 3. The van der Waals surface area contributed by atoms with E-state index in [1.807, 2.05) is 13.8 Å². The summed E-state index contributed by atoms with van der Waals surface area (Å²) in [5.41, 5.74) is 2.59. The van der Waals surface area contributed by atoms with Crippen LogP contribution in [0, 0.1) is 0 Å². The molecule has 0 saturated heterocycles. The van der Waals surface area contributed by atoms with Crippen molar-refractivity contribution < 1.29 is 0 Å². The molecule has 1 aromatic heterocycles. The van der Waals surface area contributed by atoms with E-state index in [2.05, 4.69) is 29.8 Å². The van der Waals surface area contributed by atoms with Crippen LogP contribution in [0.25, 0.3) is 11.3 Å². The van der Waals surface area contributed by atoms with Crippen LogP contribution in [-0.2, 0) is 0 Å². The molecule has 1 fully saturated rings. The molecule has 0 unspecified atom stereocenters. The van der Waals surface area contributed by atoms with Crippen LogP contribution >= 0.6 is 0 Å². The second kappa shape index (κ2) is 3.74. The van der Waals surface area contributed by atoms with Gasteiger partial charge in [-0.15, -0.1) is 0 Å². The Balaban J connectivity index is 2.44. The Morgan fingerprint density at radius 3 is 2.31 bits per heavy atom. The summed E-state index contributed by atoms with van der Waals surface area (Å²) in [6, 6.07) is 0. The maximum Gasteiger partial charge on any atom is 0.158 e. The van der Waals surface area contributed by atoms with Crippen molar-refractivity contribution in [2.75, 3.05) is 0 Å². The van der Waals surface area contributed by atoms with Gasteiger partial charge in [0.1, 0.15) is 0 Å². The molecule has 1 heterocycles. The Labute approximate surface area is 96.2 Å². The van der Waals surface area contributed by atoms with Gasteiger partial charge in [0.25, 0.3) is 0 Å². The zero-order valence-corrected chi connectivity index (χ0v) is 9.95. The predicted molar refractivity (Wildman–Crippen MR) is 66.8 cm³/mol. The van der Waals surface area contributed by atoms with Crippen molar-refractivity contribution in [2.24, 2.45) is 0 Å².